The monoisotopic (exact) mass is 445 g/mol. The number of hydrogen-bond acceptors (Lipinski definition) is 5. The van der Waals surface area contributed by atoms with Crippen molar-refractivity contribution in [3.05, 3.63) is 55.2 Å². The second kappa shape index (κ2) is 8.15. The van der Waals surface area contributed by atoms with Gasteiger partial charge in [0.1, 0.15) is 0 Å². The van der Waals surface area contributed by atoms with Gasteiger partial charge in [-0.25, -0.2) is 4.79 Å². The lowest BCUT2D eigenvalue weighted by Crippen LogP contribution is -2.39. The van der Waals surface area contributed by atoms with Crippen molar-refractivity contribution in [3.8, 4) is 0 Å². The number of nitrogens with one attached hydrogen (secondary N) is 1. The molecule has 12 heteroatoms. The lowest BCUT2D eigenvalue weighted by Gasteiger charge is -2.12. The first-order valence-corrected chi connectivity index (χ1v) is 9.30. The summed E-state index contributed by atoms with van der Waals surface area (Å²) in [7, 11) is 3.00. The number of hydrogen-bond donors (Lipinski definition) is 2. The third kappa shape index (κ3) is 3.94. The molecule has 0 aliphatic rings. The summed E-state index contributed by atoms with van der Waals surface area (Å²) in [5, 5.41) is 11.4. The van der Waals surface area contributed by atoms with Gasteiger partial charge in [0.15, 0.2) is 11.2 Å². The molecule has 0 unspecified atom stereocenters. The number of alkyl halides is 3. The van der Waals surface area contributed by atoms with Crippen LogP contribution in [0.2, 0.25) is 5.02 Å². The molecule has 0 saturated carbocycles. The molecule has 0 radical (unpaired) electrons. The van der Waals surface area contributed by atoms with Crippen LogP contribution in [0.4, 0.5) is 19.1 Å². The van der Waals surface area contributed by atoms with Crippen LogP contribution in [-0.4, -0.2) is 36.9 Å². The van der Waals surface area contributed by atoms with E-state index in [4.69, 9.17) is 16.7 Å². The van der Waals surface area contributed by atoms with Crippen molar-refractivity contribution in [2.75, 3.05) is 18.5 Å². The zero-order valence-electron chi connectivity index (χ0n) is 16.1. The highest BCUT2D eigenvalue weighted by atomic mass is 35.5. The van der Waals surface area contributed by atoms with E-state index in [1.165, 1.54) is 17.7 Å². The van der Waals surface area contributed by atoms with E-state index in [0.29, 0.717) is 18.9 Å². The van der Waals surface area contributed by atoms with Gasteiger partial charge in [0.05, 0.1) is 17.1 Å². The molecule has 0 aliphatic heterocycles. The smallest absolute Gasteiger partial charge is 0.396 e. The van der Waals surface area contributed by atoms with Crippen LogP contribution < -0.4 is 16.6 Å². The third-order valence-corrected chi connectivity index (χ3v) is 4.98. The van der Waals surface area contributed by atoms with Gasteiger partial charge < -0.3 is 15.0 Å². The number of rotatable bonds is 6. The van der Waals surface area contributed by atoms with Crippen LogP contribution in [0.1, 0.15) is 17.5 Å². The molecule has 3 rings (SSSR count). The molecule has 0 fully saturated rings. The van der Waals surface area contributed by atoms with Gasteiger partial charge in [0.2, 0.25) is 5.95 Å². The molecule has 3 aromatic rings. The van der Waals surface area contributed by atoms with E-state index in [1.54, 1.807) is 7.05 Å². The Bertz CT molecular complexity index is 1210. The summed E-state index contributed by atoms with van der Waals surface area (Å²) in [5.74, 6) is 0.328. The number of aliphatic hydroxyl groups excluding tert-OH is 1. The predicted octanol–water partition coefficient (Wildman–Crippen LogP) is 1.95. The molecule has 30 heavy (non-hydrogen) atoms. The molecule has 0 amide bonds. The van der Waals surface area contributed by atoms with Gasteiger partial charge in [-0.15, -0.1) is 0 Å². The first-order chi connectivity index (χ1) is 14.1. The fourth-order valence-corrected chi connectivity index (χ4v) is 3.32. The fourth-order valence-electron chi connectivity index (χ4n) is 3.09. The molecule has 8 nitrogen and oxygen atoms in total. The van der Waals surface area contributed by atoms with Gasteiger partial charge in [-0.05, 0) is 24.1 Å². The summed E-state index contributed by atoms with van der Waals surface area (Å²) in [6.07, 6.45) is -4.20. The third-order valence-electron chi connectivity index (χ3n) is 4.65. The molecule has 0 atom stereocenters. The van der Waals surface area contributed by atoms with E-state index < -0.39 is 28.0 Å². The summed E-state index contributed by atoms with van der Waals surface area (Å²) in [6.45, 7) is 0.0180. The molecule has 0 spiro atoms. The van der Waals surface area contributed by atoms with Crippen molar-refractivity contribution in [1.29, 1.82) is 0 Å². The average Bonchev–Trinajstić information content (AvgIpc) is 3.01. The summed E-state index contributed by atoms with van der Waals surface area (Å²) < 4.78 is 42.9. The molecule has 2 heterocycles. The number of imidazole rings is 1. The highest BCUT2D eigenvalue weighted by Gasteiger charge is 2.33. The number of nitrogens with zero attached hydrogens (tertiary/aromatic N) is 4. The van der Waals surface area contributed by atoms with E-state index in [1.807, 2.05) is 0 Å². The lowest BCUT2D eigenvalue weighted by molar-refractivity contribution is -0.137. The normalized spacial score (nSPS) is 12.0. The SMILES string of the molecule is Cn1c(NCCCO)nc2c1c(=O)n(Cc1ccc(Cl)c(C(F)(F)F)c1)c(=O)n2C. The standard InChI is InChI=1S/C18H19ClF3N5O3/c1-25-13-14(24-16(25)23-6-3-7-28)26(2)17(30)27(15(13)29)9-10-4-5-12(19)11(8-10)18(20,21)22/h4-5,8,28H,3,6-7,9H2,1-2H3,(H,23,24). The zero-order valence-corrected chi connectivity index (χ0v) is 16.9. The molecular formula is C18H19ClF3N5O3. The molecule has 1 aromatic carbocycles. The van der Waals surface area contributed by atoms with E-state index in [9.17, 15) is 22.8 Å². The number of aliphatic hydroxyl groups is 1. The van der Waals surface area contributed by atoms with Crippen LogP contribution >= 0.6 is 11.6 Å². The summed E-state index contributed by atoms with van der Waals surface area (Å²) in [5.41, 5.74) is -2.06. The van der Waals surface area contributed by atoms with Crippen molar-refractivity contribution < 1.29 is 18.3 Å². The summed E-state index contributed by atoms with van der Waals surface area (Å²) in [6, 6.07) is 3.24. The van der Waals surface area contributed by atoms with E-state index in [0.717, 1.165) is 21.3 Å². The molecule has 2 N–H and O–H groups in total. The fraction of sp³-hybridized carbons (Fsp3) is 0.389. The Morgan fingerprint density at radius 2 is 1.90 bits per heavy atom. The molecule has 2 aromatic heterocycles. The van der Waals surface area contributed by atoms with Crippen LogP contribution in [0.15, 0.2) is 27.8 Å². The largest absolute Gasteiger partial charge is 0.417 e. The van der Waals surface area contributed by atoms with Crippen molar-refractivity contribution >= 4 is 28.7 Å². The van der Waals surface area contributed by atoms with Crippen molar-refractivity contribution in [2.45, 2.75) is 19.1 Å². The Kier molecular flexibility index (Phi) is 5.95. The highest BCUT2D eigenvalue weighted by molar-refractivity contribution is 6.31. The van der Waals surface area contributed by atoms with Crippen molar-refractivity contribution in [1.82, 2.24) is 18.7 Å². The van der Waals surface area contributed by atoms with Crippen LogP contribution in [0, 0.1) is 0 Å². The van der Waals surface area contributed by atoms with Gasteiger partial charge in [0, 0.05) is 27.2 Å². The zero-order chi connectivity index (χ0) is 22.2. The lowest BCUT2D eigenvalue weighted by atomic mass is 10.1. The van der Waals surface area contributed by atoms with Crippen LogP contribution in [-0.2, 0) is 26.8 Å². The van der Waals surface area contributed by atoms with Gasteiger partial charge in [0.25, 0.3) is 5.56 Å². The first-order valence-electron chi connectivity index (χ1n) is 8.93. The number of aryl methyl sites for hydroxylation is 2. The van der Waals surface area contributed by atoms with Crippen LogP contribution in [0.5, 0.6) is 0 Å². The molecule has 162 valence electrons. The second-order valence-corrected chi connectivity index (χ2v) is 7.12. The van der Waals surface area contributed by atoms with Crippen LogP contribution in [0.3, 0.4) is 0 Å². The minimum absolute atomic E-state index is 0.0246. The number of halogens is 4. The van der Waals surface area contributed by atoms with Gasteiger partial charge in [-0.1, -0.05) is 17.7 Å². The maximum absolute atomic E-state index is 13.1. The van der Waals surface area contributed by atoms with Gasteiger partial charge >= 0.3 is 11.9 Å². The Balaban J connectivity index is 2.11. The Morgan fingerprint density at radius 3 is 2.53 bits per heavy atom. The minimum atomic E-state index is -4.66. The molecule has 0 bridgehead atoms. The first kappa shape index (κ1) is 21.9. The maximum atomic E-state index is 13.1. The Hall–Kier alpha value is -2.79. The predicted molar refractivity (Wildman–Crippen MR) is 106 cm³/mol. The maximum Gasteiger partial charge on any atom is 0.417 e. The molecular weight excluding hydrogens is 427 g/mol. The number of anilines is 1. The highest BCUT2D eigenvalue weighted by Crippen LogP contribution is 2.35. The average molecular weight is 446 g/mol. The minimum Gasteiger partial charge on any atom is -0.396 e. The number of fused-ring (bicyclic) bond motifs is 1. The Labute approximate surface area is 173 Å². The second-order valence-electron chi connectivity index (χ2n) is 6.72. The summed E-state index contributed by atoms with van der Waals surface area (Å²) in [4.78, 5) is 30.0. The van der Waals surface area contributed by atoms with Crippen molar-refractivity contribution in [2.24, 2.45) is 14.1 Å². The quantitative estimate of drug-likeness (QED) is 0.566. The molecule has 0 aliphatic carbocycles. The van der Waals surface area contributed by atoms with E-state index >= 15 is 0 Å². The van der Waals surface area contributed by atoms with Gasteiger partial charge in [-0.2, -0.15) is 18.2 Å². The number of aromatic nitrogens is 4. The molecule has 0 saturated heterocycles. The topological polar surface area (TPSA) is 94.1 Å². The van der Waals surface area contributed by atoms with E-state index in [-0.39, 0.29) is 29.9 Å². The Morgan fingerprint density at radius 1 is 1.20 bits per heavy atom. The van der Waals surface area contributed by atoms with Gasteiger partial charge in [-0.3, -0.25) is 13.9 Å². The summed E-state index contributed by atoms with van der Waals surface area (Å²) >= 11 is 5.64. The number of benzene rings is 1. The van der Waals surface area contributed by atoms with Crippen molar-refractivity contribution in [3.63, 3.8) is 0 Å². The van der Waals surface area contributed by atoms with E-state index in [2.05, 4.69) is 10.3 Å². The van der Waals surface area contributed by atoms with Crippen LogP contribution in [0.25, 0.3) is 11.2 Å².